The van der Waals surface area contributed by atoms with Gasteiger partial charge in [-0.15, -0.1) is 0 Å². The SMILES string of the molecule is CNC(Cc1ccncc1)CC(F)(F)F. The Labute approximate surface area is 86.5 Å². The van der Waals surface area contributed by atoms with Crippen molar-refractivity contribution in [2.45, 2.75) is 25.1 Å². The van der Waals surface area contributed by atoms with Gasteiger partial charge in [-0.3, -0.25) is 4.98 Å². The number of halogens is 3. The third-order valence-corrected chi connectivity index (χ3v) is 2.12. The predicted molar refractivity (Wildman–Crippen MR) is 51.5 cm³/mol. The van der Waals surface area contributed by atoms with E-state index in [0.717, 1.165) is 5.56 Å². The Hall–Kier alpha value is -1.10. The molecule has 0 fully saturated rings. The van der Waals surface area contributed by atoms with Gasteiger partial charge in [0.05, 0.1) is 6.42 Å². The van der Waals surface area contributed by atoms with Crippen molar-refractivity contribution >= 4 is 0 Å². The second-order valence-electron chi connectivity index (χ2n) is 3.36. The highest BCUT2D eigenvalue weighted by atomic mass is 19.4. The van der Waals surface area contributed by atoms with Gasteiger partial charge < -0.3 is 5.32 Å². The number of hydrogen-bond donors (Lipinski definition) is 1. The van der Waals surface area contributed by atoms with Gasteiger partial charge >= 0.3 is 6.18 Å². The van der Waals surface area contributed by atoms with E-state index in [0.29, 0.717) is 6.42 Å². The van der Waals surface area contributed by atoms with Crippen molar-refractivity contribution in [1.29, 1.82) is 0 Å². The van der Waals surface area contributed by atoms with E-state index in [1.807, 2.05) is 0 Å². The first-order valence-corrected chi connectivity index (χ1v) is 4.64. The maximum absolute atomic E-state index is 12.1. The molecule has 1 heterocycles. The van der Waals surface area contributed by atoms with Gasteiger partial charge in [-0.05, 0) is 31.2 Å². The van der Waals surface area contributed by atoms with Gasteiger partial charge in [0.15, 0.2) is 0 Å². The fraction of sp³-hybridized carbons (Fsp3) is 0.500. The first-order chi connectivity index (χ1) is 7.01. The van der Waals surface area contributed by atoms with Crippen molar-refractivity contribution in [3.63, 3.8) is 0 Å². The summed E-state index contributed by atoms with van der Waals surface area (Å²) in [6.45, 7) is 0. The van der Waals surface area contributed by atoms with E-state index in [4.69, 9.17) is 0 Å². The van der Waals surface area contributed by atoms with Crippen LogP contribution >= 0.6 is 0 Å². The second kappa shape index (κ2) is 5.11. The maximum Gasteiger partial charge on any atom is 0.390 e. The van der Waals surface area contributed by atoms with Crippen LogP contribution in [0.4, 0.5) is 13.2 Å². The Bertz CT molecular complexity index is 284. The first-order valence-electron chi connectivity index (χ1n) is 4.64. The Morgan fingerprint density at radius 1 is 1.33 bits per heavy atom. The van der Waals surface area contributed by atoms with E-state index < -0.39 is 18.6 Å². The number of rotatable bonds is 4. The molecule has 0 bridgehead atoms. The molecule has 0 spiro atoms. The highest BCUT2D eigenvalue weighted by molar-refractivity contribution is 5.11. The summed E-state index contributed by atoms with van der Waals surface area (Å²) in [6, 6.07) is 2.87. The average molecular weight is 218 g/mol. The zero-order valence-electron chi connectivity index (χ0n) is 8.38. The van der Waals surface area contributed by atoms with Gasteiger partial charge in [0, 0.05) is 18.4 Å². The minimum atomic E-state index is -4.12. The predicted octanol–water partition coefficient (Wildman–Crippen LogP) is 2.16. The smallest absolute Gasteiger partial charge is 0.316 e. The molecule has 0 saturated carbocycles. The quantitative estimate of drug-likeness (QED) is 0.837. The van der Waals surface area contributed by atoms with Crippen LogP contribution in [0.15, 0.2) is 24.5 Å². The molecule has 1 atom stereocenters. The van der Waals surface area contributed by atoms with Crippen molar-refractivity contribution in [1.82, 2.24) is 10.3 Å². The summed E-state index contributed by atoms with van der Waals surface area (Å²) in [7, 11) is 1.54. The molecule has 1 aromatic heterocycles. The van der Waals surface area contributed by atoms with Gasteiger partial charge in [-0.25, -0.2) is 0 Å². The van der Waals surface area contributed by atoms with Crippen LogP contribution in [0.25, 0.3) is 0 Å². The Kier molecular flexibility index (Phi) is 4.08. The summed E-state index contributed by atoms with van der Waals surface area (Å²) < 4.78 is 36.4. The fourth-order valence-electron chi connectivity index (χ4n) is 1.36. The fourth-order valence-corrected chi connectivity index (χ4v) is 1.36. The lowest BCUT2D eigenvalue weighted by Gasteiger charge is -2.17. The average Bonchev–Trinajstić information content (AvgIpc) is 2.16. The third-order valence-electron chi connectivity index (χ3n) is 2.12. The summed E-state index contributed by atoms with van der Waals surface area (Å²) in [5.74, 6) is 0. The van der Waals surface area contributed by atoms with E-state index in [9.17, 15) is 13.2 Å². The van der Waals surface area contributed by atoms with Crippen molar-refractivity contribution in [3.05, 3.63) is 30.1 Å². The van der Waals surface area contributed by atoms with Gasteiger partial charge in [-0.2, -0.15) is 13.2 Å². The van der Waals surface area contributed by atoms with Crippen LogP contribution in [0.5, 0.6) is 0 Å². The molecule has 0 aliphatic rings. The monoisotopic (exact) mass is 218 g/mol. The molecule has 0 aliphatic heterocycles. The molecular formula is C10H13F3N2. The van der Waals surface area contributed by atoms with Crippen molar-refractivity contribution in [3.8, 4) is 0 Å². The lowest BCUT2D eigenvalue weighted by atomic mass is 10.0. The maximum atomic E-state index is 12.1. The molecule has 5 heteroatoms. The molecule has 1 unspecified atom stereocenters. The van der Waals surface area contributed by atoms with Gasteiger partial charge in [0.1, 0.15) is 0 Å². The molecule has 0 aliphatic carbocycles. The number of alkyl halides is 3. The first kappa shape index (κ1) is 12.0. The highest BCUT2D eigenvalue weighted by Crippen LogP contribution is 2.22. The summed E-state index contributed by atoms with van der Waals surface area (Å²) in [5.41, 5.74) is 0.855. The summed E-state index contributed by atoms with van der Waals surface area (Å²) in [6.07, 6.45) is -1.42. The van der Waals surface area contributed by atoms with Crippen molar-refractivity contribution in [2.75, 3.05) is 7.05 Å². The summed E-state index contributed by atoms with van der Waals surface area (Å²) in [5, 5.41) is 2.67. The number of likely N-dealkylation sites (N-methyl/N-ethyl adjacent to an activating group) is 1. The number of aromatic nitrogens is 1. The van der Waals surface area contributed by atoms with Crippen LogP contribution in [0, 0.1) is 0 Å². The topological polar surface area (TPSA) is 24.9 Å². The number of hydrogen-bond acceptors (Lipinski definition) is 2. The Morgan fingerprint density at radius 3 is 2.40 bits per heavy atom. The minimum Gasteiger partial charge on any atom is -0.316 e. The summed E-state index contributed by atoms with van der Waals surface area (Å²) in [4.78, 5) is 3.81. The van der Waals surface area contributed by atoms with E-state index in [1.165, 1.54) is 7.05 Å². The lowest BCUT2D eigenvalue weighted by Crippen LogP contribution is -2.32. The van der Waals surface area contributed by atoms with Crippen LogP contribution in [0.3, 0.4) is 0 Å². The second-order valence-corrected chi connectivity index (χ2v) is 3.36. The normalized spacial score (nSPS) is 13.9. The van der Waals surface area contributed by atoms with E-state index in [1.54, 1.807) is 24.5 Å². The van der Waals surface area contributed by atoms with E-state index >= 15 is 0 Å². The molecule has 15 heavy (non-hydrogen) atoms. The molecule has 0 aromatic carbocycles. The number of pyridine rings is 1. The largest absolute Gasteiger partial charge is 0.390 e. The lowest BCUT2D eigenvalue weighted by molar-refractivity contribution is -0.139. The van der Waals surface area contributed by atoms with E-state index in [2.05, 4.69) is 10.3 Å². The molecule has 0 amide bonds. The number of nitrogens with zero attached hydrogens (tertiary/aromatic N) is 1. The van der Waals surface area contributed by atoms with Gasteiger partial charge in [0.2, 0.25) is 0 Å². The van der Waals surface area contributed by atoms with Gasteiger partial charge in [-0.1, -0.05) is 0 Å². The van der Waals surface area contributed by atoms with Gasteiger partial charge in [0.25, 0.3) is 0 Å². The van der Waals surface area contributed by atoms with Crippen molar-refractivity contribution < 1.29 is 13.2 Å². The third kappa shape index (κ3) is 4.78. The molecule has 84 valence electrons. The highest BCUT2D eigenvalue weighted by Gasteiger charge is 2.31. The molecule has 1 aromatic rings. The summed E-state index contributed by atoms with van der Waals surface area (Å²) >= 11 is 0. The zero-order valence-corrected chi connectivity index (χ0v) is 8.38. The Morgan fingerprint density at radius 2 is 1.93 bits per heavy atom. The molecular weight excluding hydrogens is 205 g/mol. The number of nitrogens with one attached hydrogen (secondary N) is 1. The van der Waals surface area contributed by atoms with Crippen LogP contribution in [-0.2, 0) is 6.42 Å². The van der Waals surface area contributed by atoms with Crippen LogP contribution in [0.1, 0.15) is 12.0 Å². The van der Waals surface area contributed by atoms with Crippen molar-refractivity contribution in [2.24, 2.45) is 0 Å². The van der Waals surface area contributed by atoms with Crippen LogP contribution in [-0.4, -0.2) is 24.2 Å². The zero-order chi connectivity index (χ0) is 11.3. The van der Waals surface area contributed by atoms with Crippen LogP contribution < -0.4 is 5.32 Å². The molecule has 0 radical (unpaired) electrons. The van der Waals surface area contributed by atoms with Crippen LogP contribution in [0.2, 0.25) is 0 Å². The standard InChI is InChI=1S/C10H13F3N2/c1-14-9(7-10(11,12)13)6-8-2-4-15-5-3-8/h2-5,9,14H,6-7H2,1H3. The Balaban J connectivity index is 2.55. The molecule has 0 saturated heterocycles. The molecule has 1 N–H and O–H groups in total. The van der Waals surface area contributed by atoms with E-state index in [-0.39, 0.29) is 0 Å². The minimum absolute atomic E-state index is 0.360. The molecule has 1 rings (SSSR count). The molecule has 2 nitrogen and oxygen atoms in total.